The molecule has 0 aromatic heterocycles. The highest BCUT2D eigenvalue weighted by Crippen LogP contribution is 2.66. The molecular weight excluding hydrogens is 465 g/mol. The Morgan fingerprint density at radius 3 is 2.56 bits per heavy atom. The number of allylic oxidation sites excluding steroid dienone is 2. The average molecular weight is 501 g/mol. The first-order chi connectivity index (χ1) is 17.0. The minimum Gasteiger partial charge on any atom is -0.462 e. The number of hydrogen-bond acceptors (Lipinski definition) is 3. The van der Waals surface area contributed by atoms with Crippen LogP contribution in [0.1, 0.15) is 77.7 Å². The fourth-order valence-corrected chi connectivity index (χ4v) is 8.42. The largest absolute Gasteiger partial charge is 0.462 e. The Labute approximate surface area is 211 Å². The third kappa shape index (κ3) is 4.14. The van der Waals surface area contributed by atoms with Crippen molar-refractivity contribution in [1.82, 2.24) is 0 Å². The summed E-state index contributed by atoms with van der Waals surface area (Å²) in [4.78, 5) is 24.8. The Kier molecular flexibility index (Phi) is 6.45. The number of hydrogen-bond donors (Lipinski definition) is 0. The lowest BCUT2D eigenvalue weighted by molar-refractivity contribution is -0.149. The van der Waals surface area contributed by atoms with Crippen LogP contribution in [0.2, 0.25) is 0 Å². The predicted octanol–water partition coefficient (Wildman–Crippen LogP) is 7.20. The zero-order chi connectivity index (χ0) is 25.8. The van der Waals surface area contributed by atoms with Crippen LogP contribution in [0.3, 0.4) is 0 Å². The second kappa shape index (κ2) is 9.18. The van der Waals surface area contributed by atoms with Gasteiger partial charge in [-0.2, -0.15) is 0 Å². The van der Waals surface area contributed by atoms with E-state index in [9.17, 15) is 22.8 Å². The fourth-order valence-electron chi connectivity index (χ4n) is 8.42. The van der Waals surface area contributed by atoms with E-state index >= 15 is 0 Å². The normalized spacial score (nSPS) is 37.6. The number of ketones is 1. The van der Waals surface area contributed by atoms with E-state index in [4.69, 9.17) is 4.74 Å². The van der Waals surface area contributed by atoms with E-state index in [1.54, 1.807) is 0 Å². The number of benzene rings is 1. The van der Waals surface area contributed by atoms with Crippen molar-refractivity contribution in [2.24, 2.45) is 34.5 Å². The molecule has 0 heterocycles. The van der Waals surface area contributed by atoms with Gasteiger partial charge in [0.2, 0.25) is 0 Å². The van der Waals surface area contributed by atoms with Gasteiger partial charge in [0, 0.05) is 30.9 Å². The standard InChI is InChI=1S/C30H35F3O3/c1-17(34)36-21-10-12-29(2)19(15-21)5-6-22-23-7-8-25(30(23,3)13-11-24(22)29)27(35)9-4-18-14-20(31)16-26(32)28(18)33/h4-5,9,14,16,21-25H,6-8,10-13,15H2,1-3H3/b9-4+/t21-,22-,23-,24-,25+,29-,30-/m0/s1. The molecule has 7 atom stereocenters. The van der Waals surface area contributed by atoms with Crippen molar-refractivity contribution in [3.63, 3.8) is 0 Å². The SMILES string of the molecule is CC(=O)O[C@H]1CC[C@@]2(C)C(=CC[C@H]3[C@@H]4CC[C@H](C(=O)/C=C/c5cc(F)cc(F)c5F)[C@@]4(C)CC[C@@H]32)C1. The quantitative estimate of drug-likeness (QED) is 0.190. The van der Waals surface area contributed by atoms with E-state index in [1.165, 1.54) is 24.6 Å². The molecule has 3 saturated carbocycles. The first kappa shape index (κ1) is 25.3. The molecule has 0 unspecified atom stereocenters. The molecule has 4 aliphatic rings. The summed E-state index contributed by atoms with van der Waals surface area (Å²) in [7, 11) is 0. The first-order valence-electron chi connectivity index (χ1n) is 13.3. The number of fused-ring (bicyclic) bond motifs is 5. The first-order valence-corrected chi connectivity index (χ1v) is 13.3. The van der Waals surface area contributed by atoms with Crippen molar-refractivity contribution in [3.05, 3.63) is 52.9 Å². The number of carbonyl (C=O) groups excluding carboxylic acids is 2. The summed E-state index contributed by atoms with van der Waals surface area (Å²) < 4.78 is 46.7. The molecule has 0 aliphatic heterocycles. The summed E-state index contributed by atoms with van der Waals surface area (Å²) in [6.45, 7) is 6.09. The number of halogens is 3. The summed E-state index contributed by atoms with van der Waals surface area (Å²) in [5, 5.41) is 0. The van der Waals surface area contributed by atoms with E-state index in [0.717, 1.165) is 57.4 Å². The van der Waals surface area contributed by atoms with Gasteiger partial charge in [0.25, 0.3) is 0 Å². The number of rotatable bonds is 4. The van der Waals surface area contributed by atoms with Crippen molar-refractivity contribution >= 4 is 17.8 Å². The summed E-state index contributed by atoms with van der Waals surface area (Å²) in [5.74, 6) is -2.22. The maximum Gasteiger partial charge on any atom is 0.302 e. The molecule has 36 heavy (non-hydrogen) atoms. The van der Waals surface area contributed by atoms with E-state index in [2.05, 4.69) is 19.9 Å². The van der Waals surface area contributed by atoms with Crippen molar-refractivity contribution in [1.29, 1.82) is 0 Å². The highest BCUT2D eigenvalue weighted by molar-refractivity contribution is 5.96. The summed E-state index contributed by atoms with van der Waals surface area (Å²) in [6.07, 6.45) is 12.4. The summed E-state index contributed by atoms with van der Waals surface area (Å²) >= 11 is 0. The smallest absolute Gasteiger partial charge is 0.302 e. The van der Waals surface area contributed by atoms with Gasteiger partial charge in [-0.25, -0.2) is 13.2 Å². The van der Waals surface area contributed by atoms with Gasteiger partial charge in [-0.15, -0.1) is 0 Å². The minimum atomic E-state index is -1.26. The number of esters is 1. The van der Waals surface area contributed by atoms with Crippen LogP contribution in [0.25, 0.3) is 6.08 Å². The highest BCUT2D eigenvalue weighted by Gasteiger charge is 2.59. The maximum absolute atomic E-state index is 14.1. The maximum atomic E-state index is 14.1. The molecule has 5 rings (SSSR count). The third-order valence-corrected chi connectivity index (χ3v) is 10.2. The van der Waals surface area contributed by atoms with Crippen LogP contribution in [0, 0.1) is 52.0 Å². The number of ether oxygens (including phenoxy) is 1. The van der Waals surface area contributed by atoms with Gasteiger partial charge >= 0.3 is 5.97 Å². The molecule has 1 aromatic carbocycles. The molecule has 0 saturated heterocycles. The van der Waals surface area contributed by atoms with Crippen molar-refractivity contribution in [2.75, 3.05) is 0 Å². The molecule has 194 valence electrons. The number of carbonyl (C=O) groups is 2. The lowest BCUT2D eigenvalue weighted by atomic mass is 9.47. The Hall–Kier alpha value is -2.37. The molecule has 3 fully saturated rings. The molecule has 4 aliphatic carbocycles. The Bertz CT molecular complexity index is 1140. The van der Waals surface area contributed by atoms with Gasteiger partial charge < -0.3 is 4.74 Å². The predicted molar refractivity (Wildman–Crippen MR) is 131 cm³/mol. The fraction of sp³-hybridized carbons (Fsp3) is 0.600. The Morgan fingerprint density at radius 2 is 1.81 bits per heavy atom. The second-order valence-electron chi connectivity index (χ2n) is 11.9. The molecule has 0 amide bonds. The van der Waals surface area contributed by atoms with Gasteiger partial charge in [0.15, 0.2) is 17.4 Å². The van der Waals surface area contributed by atoms with Crippen molar-refractivity contribution < 1.29 is 27.5 Å². The Morgan fingerprint density at radius 1 is 1.03 bits per heavy atom. The van der Waals surface area contributed by atoms with Crippen LogP contribution in [0.15, 0.2) is 29.9 Å². The molecule has 6 heteroatoms. The van der Waals surface area contributed by atoms with Crippen LogP contribution < -0.4 is 0 Å². The summed E-state index contributed by atoms with van der Waals surface area (Å²) in [5.41, 5.74) is 1.17. The second-order valence-corrected chi connectivity index (χ2v) is 11.9. The molecule has 3 nitrogen and oxygen atoms in total. The Balaban J connectivity index is 1.34. The third-order valence-electron chi connectivity index (χ3n) is 10.2. The molecule has 0 spiro atoms. The van der Waals surface area contributed by atoms with E-state index in [-0.39, 0.29) is 40.2 Å². The monoisotopic (exact) mass is 500 g/mol. The van der Waals surface area contributed by atoms with E-state index in [1.807, 2.05) is 0 Å². The van der Waals surface area contributed by atoms with Crippen LogP contribution in [0.5, 0.6) is 0 Å². The molecule has 0 N–H and O–H groups in total. The molecule has 0 radical (unpaired) electrons. The van der Waals surface area contributed by atoms with Crippen LogP contribution >= 0.6 is 0 Å². The van der Waals surface area contributed by atoms with Gasteiger partial charge in [-0.3, -0.25) is 9.59 Å². The van der Waals surface area contributed by atoms with Gasteiger partial charge in [-0.05, 0) is 91.7 Å². The topological polar surface area (TPSA) is 43.4 Å². The van der Waals surface area contributed by atoms with Crippen LogP contribution in [-0.4, -0.2) is 17.9 Å². The zero-order valence-electron chi connectivity index (χ0n) is 21.3. The highest BCUT2D eigenvalue weighted by atomic mass is 19.2. The molecule has 1 aromatic rings. The van der Waals surface area contributed by atoms with E-state index < -0.39 is 17.5 Å². The van der Waals surface area contributed by atoms with Gasteiger partial charge in [0.1, 0.15) is 11.9 Å². The van der Waals surface area contributed by atoms with Crippen LogP contribution in [0.4, 0.5) is 13.2 Å². The lowest BCUT2D eigenvalue weighted by Gasteiger charge is -2.58. The van der Waals surface area contributed by atoms with Crippen molar-refractivity contribution in [2.45, 2.75) is 78.2 Å². The van der Waals surface area contributed by atoms with Crippen molar-refractivity contribution in [3.8, 4) is 0 Å². The molecule has 0 bridgehead atoms. The van der Waals surface area contributed by atoms with Gasteiger partial charge in [-0.1, -0.05) is 25.5 Å². The molecular formula is C30H35F3O3. The zero-order valence-corrected chi connectivity index (χ0v) is 21.3. The summed E-state index contributed by atoms with van der Waals surface area (Å²) in [6, 6.07) is 1.41. The van der Waals surface area contributed by atoms with E-state index in [0.29, 0.717) is 23.8 Å². The average Bonchev–Trinajstić information content (AvgIpc) is 3.17. The van der Waals surface area contributed by atoms with Crippen LogP contribution in [-0.2, 0) is 14.3 Å². The minimum absolute atomic E-state index is 0.0242. The lowest BCUT2D eigenvalue weighted by Crippen LogP contribution is -2.51. The van der Waals surface area contributed by atoms with Gasteiger partial charge in [0.05, 0.1) is 0 Å².